The van der Waals surface area contributed by atoms with Crippen LogP contribution in [-0.2, 0) is 0 Å². The highest BCUT2D eigenvalue weighted by Crippen LogP contribution is 2.14. The van der Waals surface area contributed by atoms with Gasteiger partial charge in [0.15, 0.2) is 0 Å². The SMILES string of the molecule is CC(C)(Cl)CBr. The van der Waals surface area contributed by atoms with Crippen LogP contribution in [0, 0.1) is 0 Å². The average molecular weight is 171 g/mol. The summed E-state index contributed by atoms with van der Waals surface area (Å²) in [5, 5.41) is 0.849. The van der Waals surface area contributed by atoms with Crippen LogP contribution >= 0.6 is 27.5 Å². The van der Waals surface area contributed by atoms with Gasteiger partial charge < -0.3 is 0 Å². The number of halogens is 2. The molecule has 0 bridgehead atoms. The van der Waals surface area contributed by atoms with Gasteiger partial charge in [-0.2, -0.15) is 0 Å². The second kappa shape index (κ2) is 2.17. The summed E-state index contributed by atoms with van der Waals surface area (Å²) in [6, 6.07) is 0. The Morgan fingerprint density at radius 1 is 1.67 bits per heavy atom. The molecule has 0 unspecified atom stereocenters. The van der Waals surface area contributed by atoms with Crippen LogP contribution in [0.4, 0.5) is 0 Å². The fourth-order valence-electron chi connectivity index (χ4n) is 0. The Balaban J connectivity index is 3.17. The van der Waals surface area contributed by atoms with Crippen LogP contribution in [0.3, 0.4) is 0 Å². The van der Waals surface area contributed by atoms with Crippen LogP contribution < -0.4 is 0 Å². The van der Waals surface area contributed by atoms with Gasteiger partial charge in [-0.15, -0.1) is 11.6 Å². The zero-order valence-corrected chi connectivity index (χ0v) is 6.30. The molecule has 0 aromatic rings. The van der Waals surface area contributed by atoms with Gasteiger partial charge in [-0.05, 0) is 13.8 Å². The summed E-state index contributed by atoms with van der Waals surface area (Å²) >= 11 is 8.91. The zero-order chi connectivity index (χ0) is 5.21. The van der Waals surface area contributed by atoms with E-state index in [1.807, 2.05) is 13.8 Å². The van der Waals surface area contributed by atoms with Crippen LogP contribution in [0.25, 0.3) is 0 Å². The third-order valence-corrected chi connectivity index (χ3v) is 2.18. The largest absolute Gasteiger partial charge is 0.119 e. The molecule has 0 atom stereocenters. The van der Waals surface area contributed by atoms with Gasteiger partial charge in [-0.3, -0.25) is 0 Å². The molecule has 0 radical (unpaired) electrons. The zero-order valence-electron chi connectivity index (χ0n) is 3.96. The normalized spacial score (nSPS) is 12.0. The second-order valence-corrected chi connectivity index (χ2v) is 3.44. The molecule has 0 amide bonds. The molecule has 0 rings (SSSR count). The van der Waals surface area contributed by atoms with Crippen molar-refractivity contribution in [2.24, 2.45) is 0 Å². The Labute approximate surface area is 52.0 Å². The van der Waals surface area contributed by atoms with Gasteiger partial charge in [0.2, 0.25) is 0 Å². The van der Waals surface area contributed by atoms with Crippen LogP contribution in [0.2, 0.25) is 0 Å². The molecule has 0 aromatic carbocycles. The molecule has 0 aromatic heterocycles. The summed E-state index contributed by atoms with van der Waals surface area (Å²) in [7, 11) is 0. The highest BCUT2D eigenvalue weighted by atomic mass is 79.9. The predicted molar refractivity (Wildman–Crippen MR) is 33.7 cm³/mol. The van der Waals surface area contributed by atoms with Gasteiger partial charge in [0.1, 0.15) is 0 Å². The first-order valence-corrected chi connectivity index (χ1v) is 3.31. The summed E-state index contributed by atoms with van der Waals surface area (Å²) in [5.41, 5.74) is 0. The van der Waals surface area contributed by atoms with Crippen molar-refractivity contribution in [3.8, 4) is 0 Å². The number of hydrogen-bond acceptors (Lipinski definition) is 0. The van der Waals surface area contributed by atoms with Crippen LogP contribution in [-0.4, -0.2) is 10.2 Å². The van der Waals surface area contributed by atoms with Gasteiger partial charge in [-0.1, -0.05) is 15.9 Å². The average Bonchev–Trinajstić information content (AvgIpc) is 1.35. The van der Waals surface area contributed by atoms with E-state index in [1.165, 1.54) is 0 Å². The number of alkyl halides is 2. The lowest BCUT2D eigenvalue weighted by atomic mass is 10.3. The van der Waals surface area contributed by atoms with Gasteiger partial charge in [0.25, 0.3) is 0 Å². The standard InChI is InChI=1S/C4H8BrCl/c1-4(2,6)3-5/h3H2,1-2H3. The molecule has 0 heterocycles. The fraction of sp³-hybridized carbons (Fsp3) is 1.00. The third kappa shape index (κ3) is 4.77. The molecular formula is C4H8BrCl. The number of hydrogen-bond donors (Lipinski definition) is 0. The van der Waals surface area contributed by atoms with Crippen LogP contribution in [0.1, 0.15) is 13.8 Å². The summed E-state index contributed by atoms with van der Waals surface area (Å²) in [6.45, 7) is 3.92. The molecule has 0 aliphatic rings. The van der Waals surface area contributed by atoms with Crippen molar-refractivity contribution in [1.29, 1.82) is 0 Å². The van der Waals surface area contributed by atoms with Crippen molar-refractivity contribution < 1.29 is 0 Å². The molecule has 6 heavy (non-hydrogen) atoms. The van der Waals surface area contributed by atoms with Crippen LogP contribution in [0.15, 0.2) is 0 Å². The Bertz CT molecular complexity index is 37.3. The third-order valence-electron chi connectivity index (χ3n) is 0.318. The van der Waals surface area contributed by atoms with Crippen molar-refractivity contribution in [3.63, 3.8) is 0 Å². The summed E-state index contributed by atoms with van der Waals surface area (Å²) in [5.74, 6) is 0. The molecule has 0 N–H and O–H groups in total. The fourth-order valence-corrected chi connectivity index (χ4v) is 0. The minimum atomic E-state index is -0.0694. The molecule has 0 spiro atoms. The summed E-state index contributed by atoms with van der Waals surface area (Å²) < 4.78 is 0. The predicted octanol–water partition coefficient (Wildman–Crippen LogP) is 2.40. The van der Waals surface area contributed by atoms with Gasteiger partial charge >= 0.3 is 0 Å². The monoisotopic (exact) mass is 170 g/mol. The highest BCUT2D eigenvalue weighted by Gasteiger charge is 2.08. The van der Waals surface area contributed by atoms with Crippen molar-refractivity contribution in [1.82, 2.24) is 0 Å². The van der Waals surface area contributed by atoms with Crippen LogP contribution in [0.5, 0.6) is 0 Å². The van der Waals surface area contributed by atoms with E-state index in [-0.39, 0.29) is 4.87 Å². The van der Waals surface area contributed by atoms with E-state index in [4.69, 9.17) is 11.6 Å². The first-order chi connectivity index (χ1) is 2.56. The van der Waals surface area contributed by atoms with E-state index in [9.17, 15) is 0 Å². The first-order valence-electron chi connectivity index (χ1n) is 1.81. The molecule has 0 saturated heterocycles. The van der Waals surface area contributed by atoms with Crippen molar-refractivity contribution in [3.05, 3.63) is 0 Å². The Morgan fingerprint density at radius 3 is 1.83 bits per heavy atom. The van der Waals surface area contributed by atoms with E-state index < -0.39 is 0 Å². The summed E-state index contributed by atoms with van der Waals surface area (Å²) in [6.07, 6.45) is 0. The van der Waals surface area contributed by atoms with E-state index in [2.05, 4.69) is 15.9 Å². The quantitative estimate of drug-likeness (QED) is 0.532. The molecule has 0 fully saturated rings. The molecule has 0 aliphatic carbocycles. The first kappa shape index (κ1) is 6.77. The van der Waals surface area contributed by atoms with E-state index in [0.29, 0.717) is 0 Å². The van der Waals surface area contributed by atoms with Crippen molar-refractivity contribution in [2.75, 3.05) is 5.33 Å². The molecule has 0 aliphatic heterocycles. The lowest BCUT2D eigenvalue weighted by molar-refractivity contribution is 0.807. The smallest absolute Gasteiger partial charge is 0.0487 e. The van der Waals surface area contributed by atoms with Gasteiger partial charge in [0, 0.05) is 10.2 Å². The van der Waals surface area contributed by atoms with Gasteiger partial charge in [0.05, 0.1) is 0 Å². The van der Waals surface area contributed by atoms with Crippen molar-refractivity contribution >= 4 is 27.5 Å². The minimum absolute atomic E-state index is 0.0694. The van der Waals surface area contributed by atoms with E-state index in [0.717, 1.165) is 5.33 Å². The second-order valence-electron chi connectivity index (χ2n) is 1.85. The molecular weight excluding hydrogens is 163 g/mol. The lowest BCUT2D eigenvalue weighted by Gasteiger charge is -2.07. The summed E-state index contributed by atoms with van der Waals surface area (Å²) in [4.78, 5) is -0.0694. The topological polar surface area (TPSA) is 0 Å². The maximum absolute atomic E-state index is 5.67. The maximum atomic E-state index is 5.67. The van der Waals surface area contributed by atoms with Crippen molar-refractivity contribution in [2.45, 2.75) is 18.7 Å². The Morgan fingerprint density at radius 2 is 1.83 bits per heavy atom. The van der Waals surface area contributed by atoms with E-state index in [1.54, 1.807) is 0 Å². The lowest BCUT2D eigenvalue weighted by Crippen LogP contribution is -2.10. The molecule has 0 saturated carbocycles. The minimum Gasteiger partial charge on any atom is -0.119 e. The Kier molecular flexibility index (Phi) is 2.45. The number of rotatable bonds is 1. The molecule has 0 nitrogen and oxygen atoms in total. The molecule has 2 heteroatoms. The maximum Gasteiger partial charge on any atom is 0.0487 e. The molecule has 38 valence electrons. The highest BCUT2D eigenvalue weighted by molar-refractivity contribution is 9.09. The van der Waals surface area contributed by atoms with E-state index >= 15 is 0 Å². The van der Waals surface area contributed by atoms with Gasteiger partial charge in [-0.25, -0.2) is 0 Å². The Hall–Kier alpha value is 0.770.